The van der Waals surface area contributed by atoms with Crippen LogP contribution in [-0.4, -0.2) is 56.2 Å². The van der Waals surface area contributed by atoms with E-state index in [2.05, 4.69) is 0 Å². The topological polar surface area (TPSA) is 92.9 Å². The third kappa shape index (κ3) is 4.22. The van der Waals surface area contributed by atoms with Gasteiger partial charge in [0.25, 0.3) is 0 Å². The first kappa shape index (κ1) is 17.0. The molecule has 1 atom stereocenters. The zero-order valence-electron chi connectivity index (χ0n) is 11.3. The highest BCUT2D eigenvalue weighted by atomic mass is 32.2. The number of thiocarbonyl (C=S) groups is 1. The standard InChI is InChI=1S/C12H18N2O4S2/c1-14(7-10(15)8-18-2)20(16,17)11-5-3-9(4-6-11)12(13)19/h3-6,10,15H,7-8H2,1-2H3,(H2,13,19). The Hall–Kier alpha value is -1.06. The third-order valence-corrected chi connectivity index (χ3v) is 4.75. The summed E-state index contributed by atoms with van der Waals surface area (Å²) in [7, 11) is -0.826. The van der Waals surface area contributed by atoms with Crippen molar-refractivity contribution in [3.63, 3.8) is 0 Å². The molecule has 0 aliphatic heterocycles. The van der Waals surface area contributed by atoms with Crippen LogP contribution >= 0.6 is 12.2 Å². The molecule has 112 valence electrons. The lowest BCUT2D eigenvalue weighted by Crippen LogP contribution is -2.36. The summed E-state index contributed by atoms with van der Waals surface area (Å²) >= 11 is 4.81. The summed E-state index contributed by atoms with van der Waals surface area (Å²) in [6.45, 7) is 0.0213. The fourth-order valence-corrected chi connectivity index (χ4v) is 2.96. The predicted molar refractivity (Wildman–Crippen MR) is 80.0 cm³/mol. The Bertz CT molecular complexity index is 557. The van der Waals surface area contributed by atoms with Crippen LogP contribution in [0.15, 0.2) is 29.2 Å². The van der Waals surface area contributed by atoms with E-state index in [1.807, 2.05) is 0 Å². The first-order valence-electron chi connectivity index (χ1n) is 5.82. The molecular weight excluding hydrogens is 300 g/mol. The zero-order valence-corrected chi connectivity index (χ0v) is 12.9. The number of hydrogen-bond acceptors (Lipinski definition) is 5. The van der Waals surface area contributed by atoms with Crippen LogP contribution in [0, 0.1) is 0 Å². The molecular formula is C12H18N2O4S2. The predicted octanol–water partition coefficient (Wildman–Crippen LogP) is -0.0514. The smallest absolute Gasteiger partial charge is 0.242 e. The number of likely N-dealkylation sites (N-methyl/N-ethyl adjacent to an activating group) is 1. The van der Waals surface area contributed by atoms with Crippen LogP contribution in [0.25, 0.3) is 0 Å². The summed E-state index contributed by atoms with van der Waals surface area (Å²) in [5.41, 5.74) is 6.05. The van der Waals surface area contributed by atoms with E-state index in [1.165, 1.54) is 26.3 Å². The molecule has 1 aromatic carbocycles. The number of ether oxygens (including phenoxy) is 1. The Labute approximate surface area is 124 Å². The number of methoxy groups -OCH3 is 1. The van der Waals surface area contributed by atoms with Crippen LogP contribution < -0.4 is 5.73 Å². The highest BCUT2D eigenvalue weighted by Gasteiger charge is 2.23. The van der Waals surface area contributed by atoms with Crippen molar-refractivity contribution < 1.29 is 18.3 Å². The van der Waals surface area contributed by atoms with Gasteiger partial charge < -0.3 is 15.6 Å². The second kappa shape index (κ2) is 7.09. The molecule has 0 aliphatic rings. The van der Waals surface area contributed by atoms with Gasteiger partial charge in [-0.1, -0.05) is 24.4 Å². The van der Waals surface area contributed by atoms with Gasteiger partial charge in [-0.25, -0.2) is 8.42 Å². The van der Waals surface area contributed by atoms with E-state index < -0.39 is 16.1 Å². The van der Waals surface area contributed by atoms with E-state index in [-0.39, 0.29) is 23.0 Å². The first-order chi connectivity index (χ1) is 9.28. The Morgan fingerprint density at radius 3 is 2.45 bits per heavy atom. The number of nitrogens with zero attached hydrogens (tertiary/aromatic N) is 1. The molecule has 0 spiro atoms. The third-order valence-electron chi connectivity index (χ3n) is 2.67. The average Bonchev–Trinajstić information content (AvgIpc) is 2.38. The van der Waals surface area contributed by atoms with Gasteiger partial charge in [0.05, 0.1) is 17.6 Å². The average molecular weight is 318 g/mol. The molecule has 0 radical (unpaired) electrons. The summed E-state index contributed by atoms with van der Waals surface area (Å²) in [6, 6.07) is 5.97. The van der Waals surface area contributed by atoms with E-state index in [0.29, 0.717) is 5.56 Å². The molecule has 1 aromatic rings. The van der Waals surface area contributed by atoms with Crippen molar-refractivity contribution in [1.29, 1.82) is 0 Å². The SMILES string of the molecule is COCC(O)CN(C)S(=O)(=O)c1ccc(C(N)=S)cc1. The van der Waals surface area contributed by atoms with Gasteiger partial charge in [-0.05, 0) is 12.1 Å². The minimum atomic E-state index is -3.66. The molecule has 0 fully saturated rings. The van der Waals surface area contributed by atoms with Crippen molar-refractivity contribution in [2.75, 3.05) is 27.3 Å². The molecule has 3 N–H and O–H groups in total. The summed E-state index contributed by atoms with van der Waals surface area (Å²) < 4.78 is 30.4. The second-order valence-corrected chi connectivity index (χ2v) is 6.77. The summed E-state index contributed by atoms with van der Waals surface area (Å²) in [6.07, 6.45) is -0.879. The molecule has 0 aliphatic carbocycles. The maximum atomic E-state index is 12.3. The van der Waals surface area contributed by atoms with E-state index >= 15 is 0 Å². The minimum absolute atomic E-state index is 0.0484. The molecule has 0 saturated carbocycles. The van der Waals surface area contributed by atoms with Gasteiger partial charge in [-0.2, -0.15) is 4.31 Å². The summed E-state index contributed by atoms with van der Waals surface area (Å²) in [5.74, 6) is 0. The van der Waals surface area contributed by atoms with Crippen molar-refractivity contribution in [3.05, 3.63) is 29.8 Å². The Morgan fingerprint density at radius 2 is 2.00 bits per heavy atom. The Morgan fingerprint density at radius 1 is 1.45 bits per heavy atom. The number of aliphatic hydroxyl groups is 1. The normalized spacial score (nSPS) is 13.4. The van der Waals surface area contributed by atoms with Crippen molar-refractivity contribution in [3.8, 4) is 0 Å². The summed E-state index contributed by atoms with van der Waals surface area (Å²) in [4.78, 5) is 0.322. The number of benzene rings is 1. The zero-order chi connectivity index (χ0) is 15.3. The van der Waals surface area contributed by atoms with E-state index in [1.54, 1.807) is 12.1 Å². The maximum absolute atomic E-state index is 12.3. The van der Waals surface area contributed by atoms with E-state index in [0.717, 1.165) is 4.31 Å². The lowest BCUT2D eigenvalue weighted by atomic mass is 10.2. The van der Waals surface area contributed by atoms with Gasteiger partial charge in [0.15, 0.2) is 0 Å². The number of nitrogens with two attached hydrogens (primary N) is 1. The van der Waals surface area contributed by atoms with Crippen LogP contribution in [0.5, 0.6) is 0 Å². The fourth-order valence-electron chi connectivity index (χ4n) is 1.61. The van der Waals surface area contributed by atoms with Crippen molar-refractivity contribution in [2.24, 2.45) is 5.73 Å². The quantitative estimate of drug-likeness (QED) is 0.685. The second-order valence-electron chi connectivity index (χ2n) is 4.28. The summed E-state index contributed by atoms with van der Waals surface area (Å²) in [5, 5.41) is 9.58. The van der Waals surface area contributed by atoms with Gasteiger partial charge >= 0.3 is 0 Å². The molecule has 0 aromatic heterocycles. The minimum Gasteiger partial charge on any atom is -0.389 e. The van der Waals surface area contributed by atoms with Crippen LogP contribution in [0.4, 0.5) is 0 Å². The lowest BCUT2D eigenvalue weighted by Gasteiger charge is -2.20. The van der Waals surface area contributed by atoms with Crippen LogP contribution in [0.3, 0.4) is 0 Å². The van der Waals surface area contributed by atoms with Crippen molar-refractivity contribution in [1.82, 2.24) is 4.31 Å². The molecule has 1 rings (SSSR count). The highest BCUT2D eigenvalue weighted by molar-refractivity contribution is 7.89. The molecule has 0 heterocycles. The molecule has 0 saturated heterocycles. The van der Waals surface area contributed by atoms with E-state index in [4.69, 9.17) is 22.7 Å². The van der Waals surface area contributed by atoms with Crippen molar-refractivity contribution in [2.45, 2.75) is 11.0 Å². The number of hydrogen-bond donors (Lipinski definition) is 2. The number of aliphatic hydroxyl groups excluding tert-OH is 1. The van der Waals surface area contributed by atoms with E-state index in [9.17, 15) is 13.5 Å². The van der Waals surface area contributed by atoms with Gasteiger partial charge in [-0.3, -0.25) is 0 Å². The van der Waals surface area contributed by atoms with Gasteiger partial charge in [0.1, 0.15) is 4.99 Å². The van der Waals surface area contributed by atoms with Gasteiger partial charge in [-0.15, -0.1) is 0 Å². The molecule has 1 unspecified atom stereocenters. The highest BCUT2D eigenvalue weighted by Crippen LogP contribution is 2.15. The monoisotopic (exact) mass is 318 g/mol. The lowest BCUT2D eigenvalue weighted by molar-refractivity contribution is 0.0554. The van der Waals surface area contributed by atoms with Crippen molar-refractivity contribution >= 4 is 27.2 Å². The van der Waals surface area contributed by atoms with Crippen LogP contribution in [-0.2, 0) is 14.8 Å². The Kier molecular flexibility index (Phi) is 6.03. The molecule has 0 amide bonds. The Balaban J connectivity index is 2.89. The fraction of sp³-hybridized carbons (Fsp3) is 0.417. The maximum Gasteiger partial charge on any atom is 0.242 e. The molecule has 6 nitrogen and oxygen atoms in total. The number of sulfonamides is 1. The van der Waals surface area contributed by atoms with Gasteiger partial charge in [0, 0.05) is 26.3 Å². The van der Waals surface area contributed by atoms with Crippen LogP contribution in [0.2, 0.25) is 0 Å². The number of rotatable bonds is 7. The largest absolute Gasteiger partial charge is 0.389 e. The first-order valence-corrected chi connectivity index (χ1v) is 7.67. The molecule has 20 heavy (non-hydrogen) atoms. The van der Waals surface area contributed by atoms with Gasteiger partial charge in [0.2, 0.25) is 10.0 Å². The van der Waals surface area contributed by atoms with Crippen LogP contribution in [0.1, 0.15) is 5.56 Å². The molecule has 8 heteroatoms. The molecule has 0 bridgehead atoms.